The van der Waals surface area contributed by atoms with E-state index in [9.17, 15) is 9.59 Å². The molecule has 1 unspecified atom stereocenters. The summed E-state index contributed by atoms with van der Waals surface area (Å²) in [6, 6.07) is 5.31. The molecule has 3 aromatic rings. The number of ether oxygens (including phenoxy) is 2. The Hall–Kier alpha value is -2.91. The number of amides is 2. The van der Waals surface area contributed by atoms with Crippen LogP contribution in [-0.4, -0.2) is 35.6 Å². The third-order valence-corrected chi connectivity index (χ3v) is 6.03. The topological polar surface area (TPSA) is 117 Å². The number of rotatable bonds is 6. The minimum Gasteiger partial charge on any atom is -0.488 e. The Bertz CT molecular complexity index is 1080. The molecule has 0 spiro atoms. The number of thiazole rings is 1. The van der Waals surface area contributed by atoms with Crippen LogP contribution in [0, 0.1) is 13.8 Å². The van der Waals surface area contributed by atoms with Crippen molar-refractivity contribution >= 4 is 34.1 Å². The highest BCUT2D eigenvalue weighted by Crippen LogP contribution is 2.31. The average molecular weight is 415 g/mol. The second-order valence-electron chi connectivity index (χ2n) is 7.04. The van der Waals surface area contributed by atoms with E-state index >= 15 is 0 Å². The molecule has 0 aliphatic carbocycles. The van der Waals surface area contributed by atoms with Crippen LogP contribution >= 0.6 is 11.3 Å². The summed E-state index contributed by atoms with van der Waals surface area (Å²) in [4.78, 5) is 30.2. The van der Waals surface area contributed by atoms with Gasteiger partial charge in [0.25, 0.3) is 5.91 Å². The first-order valence-electron chi connectivity index (χ1n) is 9.15. The quantitative estimate of drug-likeness (QED) is 0.639. The first-order valence-corrected chi connectivity index (χ1v) is 10.0. The molecule has 0 radical (unpaired) electrons. The number of benzene rings is 1. The maximum Gasteiger partial charge on any atom is 0.256 e. The zero-order valence-electron chi connectivity index (χ0n) is 16.1. The summed E-state index contributed by atoms with van der Waals surface area (Å²) in [5.74, 6) is 0.0132. The molecule has 1 aliphatic rings. The maximum absolute atomic E-state index is 13.0. The van der Waals surface area contributed by atoms with Gasteiger partial charge in [-0.1, -0.05) is 0 Å². The molecule has 0 bridgehead atoms. The van der Waals surface area contributed by atoms with E-state index in [2.05, 4.69) is 10.3 Å². The lowest BCUT2D eigenvalue weighted by Gasteiger charge is -2.24. The third-order valence-electron chi connectivity index (χ3n) is 5.12. The summed E-state index contributed by atoms with van der Waals surface area (Å²) in [5, 5.41) is 3.37. The summed E-state index contributed by atoms with van der Waals surface area (Å²) >= 11 is 1.53. The van der Waals surface area contributed by atoms with E-state index in [1.54, 1.807) is 30.6 Å². The molecule has 8 nitrogen and oxygen atoms in total. The highest BCUT2D eigenvalue weighted by atomic mass is 32.1. The van der Waals surface area contributed by atoms with E-state index in [0.717, 1.165) is 10.6 Å². The van der Waals surface area contributed by atoms with E-state index in [1.165, 1.54) is 11.3 Å². The van der Waals surface area contributed by atoms with Gasteiger partial charge in [-0.3, -0.25) is 9.59 Å². The van der Waals surface area contributed by atoms with Crippen LogP contribution in [0.25, 0.3) is 11.0 Å². The minimum atomic E-state index is -1.20. The van der Waals surface area contributed by atoms with Crippen LogP contribution < -0.4 is 15.8 Å². The lowest BCUT2D eigenvalue weighted by molar-refractivity contribution is -0.124. The zero-order chi connectivity index (χ0) is 20.6. The number of nitrogens with one attached hydrogen (secondary N) is 1. The van der Waals surface area contributed by atoms with Crippen LogP contribution in [0.2, 0.25) is 0 Å². The molecule has 0 saturated carbocycles. The second-order valence-corrected chi connectivity index (χ2v) is 7.98. The van der Waals surface area contributed by atoms with Gasteiger partial charge in [-0.25, -0.2) is 4.98 Å². The predicted octanol–water partition coefficient (Wildman–Crippen LogP) is 2.46. The van der Waals surface area contributed by atoms with Crippen molar-refractivity contribution in [1.29, 1.82) is 0 Å². The van der Waals surface area contributed by atoms with Crippen molar-refractivity contribution in [2.24, 2.45) is 5.73 Å². The molecule has 29 heavy (non-hydrogen) atoms. The second kappa shape index (κ2) is 7.49. The van der Waals surface area contributed by atoms with Crippen molar-refractivity contribution in [3.8, 4) is 5.75 Å². The summed E-state index contributed by atoms with van der Waals surface area (Å²) in [5.41, 5.74) is 7.95. The largest absolute Gasteiger partial charge is 0.488 e. The Morgan fingerprint density at radius 3 is 2.86 bits per heavy atom. The van der Waals surface area contributed by atoms with Gasteiger partial charge >= 0.3 is 0 Å². The van der Waals surface area contributed by atoms with Gasteiger partial charge in [-0.15, -0.1) is 11.3 Å². The number of nitrogens with two attached hydrogens (primary N) is 1. The number of nitrogens with zero attached hydrogens (tertiary/aromatic N) is 1. The number of fused-ring (bicyclic) bond motifs is 1. The van der Waals surface area contributed by atoms with Crippen molar-refractivity contribution in [2.45, 2.75) is 32.4 Å². The summed E-state index contributed by atoms with van der Waals surface area (Å²) in [7, 11) is 0. The van der Waals surface area contributed by atoms with E-state index in [0.29, 0.717) is 47.7 Å². The monoisotopic (exact) mass is 415 g/mol. The minimum absolute atomic E-state index is 0.0610. The SMILES string of the molecule is Cc1ncsc1COc1ccc2oc(C)c(C(=O)NC3(C(N)=O)CCOC3)c2c1. The Morgan fingerprint density at radius 1 is 1.38 bits per heavy atom. The number of carbonyl (C=O) groups is 2. The molecule has 4 rings (SSSR count). The van der Waals surface area contributed by atoms with E-state index in [4.69, 9.17) is 19.6 Å². The standard InChI is InChI=1S/C20H21N3O5S/c1-11-16(29-10-22-11)8-27-13-3-4-15-14(7-13)17(12(2)28-15)18(24)23-20(19(21)25)5-6-26-9-20/h3-4,7,10H,5-6,8-9H2,1-2H3,(H2,21,25)(H,23,24). The van der Waals surface area contributed by atoms with Gasteiger partial charge < -0.3 is 24.9 Å². The molecule has 3 heterocycles. The number of hydrogen-bond donors (Lipinski definition) is 2. The first kappa shape index (κ1) is 19.4. The van der Waals surface area contributed by atoms with Crippen LogP contribution in [-0.2, 0) is 16.1 Å². The van der Waals surface area contributed by atoms with Crippen LogP contribution in [0.1, 0.15) is 33.1 Å². The number of aryl methyl sites for hydroxylation is 2. The molecule has 152 valence electrons. The number of furan rings is 1. The molecule has 2 aromatic heterocycles. The van der Waals surface area contributed by atoms with Crippen molar-refractivity contribution in [2.75, 3.05) is 13.2 Å². The summed E-state index contributed by atoms with van der Waals surface area (Å²) in [6.07, 6.45) is 0.339. The summed E-state index contributed by atoms with van der Waals surface area (Å²) < 4.78 is 16.9. The lowest BCUT2D eigenvalue weighted by atomic mass is 9.97. The lowest BCUT2D eigenvalue weighted by Crippen LogP contribution is -2.58. The molecule has 3 N–H and O–H groups in total. The van der Waals surface area contributed by atoms with Crippen LogP contribution in [0.3, 0.4) is 0 Å². The molecule has 2 amide bonds. The van der Waals surface area contributed by atoms with Crippen molar-refractivity contribution in [3.63, 3.8) is 0 Å². The van der Waals surface area contributed by atoms with Crippen LogP contribution in [0.5, 0.6) is 5.75 Å². The fourth-order valence-corrected chi connectivity index (χ4v) is 4.07. The number of hydrogen-bond acceptors (Lipinski definition) is 7. The van der Waals surface area contributed by atoms with Crippen molar-refractivity contribution < 1.29 is 23.5 Å². The fourth-order valence-electron chi connectivity index (χ4n) is 3.38. The van der Waals surface area contributed by atoms with Gasteiger partial charge in [0.15, 0.2) is 0 Å². The maximum atomic E-state index is 13.0. The molecule has 1 saturated heterocycles. The highest BCUT2D eigenvalue weighted by Gasteiger charge is 2.43. The van der Waals surface area contributed by atoms with E-state index in [-0.39, 0.29) is 6.61 Å². The van der Waals surface area contributed by atoms with E-state index < -0.39 is 17.4 Å². The smallest absolute Gasteiger partial charge is 0.256 e. The van der Waals surface area contributed by atoms with Gasteiger partial charge in [0, 0.05) is 18.4 Å². The van der Waals surface area contributed by atoms with E-state index in [1.807, 2.05) is 6.92 Å². The molecule has 9 heteroatoms. The van der Waals surface area contributed by atoms with Crippen molar-refractivity contribution in [1.82, 2.24) is 10.3 Å². The fraction of sp³-hybridized carbons (Fsp3) is 0.350. The third kappa shape index (κ3) is 3.58. The molecule has 1 fully saturated rings. The number of carbonyl (C=O) groups excluding carboxylic acids is 2. The zero-order valence-corrected chi connectivity index (χ0v) is 16.9. The van der Waals surface area contributed by atoms with Crippen LogP contribution in [0.15, 0.2) is 28.1 Å². The molecule has 1 atom stereocenters. The molecular formula is C20H21N3O5S. The predicted molar refractivity (Wildman–Crippen MR) is 107 cm³/mol. The normalized spacial score (nSPS) is 18.8. The average Bonchev–Trinajstić information content (AvgIpc) is 3.38. The molecule has 1 aliphatic heterocycles. The van der Waals surface area contributed by atoms with Gasteiger partial charge in [0.1, 0.15) is 29.2 Å². The Morgan fingerprint density at radius 2 is 2.21 bits per heavy atom. The highest BCUT2D eigenvalue weighted by molar-refractivity contribution is 7.09. The van der Waals surface area contributed by atoms with Gasteiger partial charge in [-0.05, 0) is 32.0 Å². The van der Waals surface area contributed by atoms with Gasteiger partial charge in [-0.2, -0.15) is 0 Å². The van der Waals surface area contributed by atoms with Crippen LogP contribution in [0.4, 0.5) is 0 Å². The number of primary amides is 1. The Kier molecular flexibility index (Phi) is 5.01. The van der Waals surface area contributed by atoms with Crippen molar-refractivity contribution in [3.05, 3.63) is 45.6 Å². The Labute approximate surface area is 171 Å². The Balaban J connectivity index is 1.61. The van der Waals surface area contributed by atoms with Gasteiger partial charge in [0.05, 0.1) is 28.3 Å². The summed E-state index contributed by atoms with van der Waals surface area (Å²) in [6.45, 7) is 4.46. The molecule has 1 aromatic carbocycles. The number of aromatic nitrogens is 1. The first-order chi connectivity index (χ1) is 13.9. The van der Waals surface area contributed by atoms with Gasteiger partial charge in [0.2, 0.25) is 5.91 Å². The molecular weight excluding hydrogens is 394 g/mol.